The van der Waals surface area contributed by atoms with E-state index in [1.165, 1.54) is 17.6 Å². The molecule has 4 rings (SSSR count). The summed E-state index contributed by atoms with van der Waals surface area (Å²) in [7, 11) is 3.35. The molecule has 32 heavy (non-hydrogen) atoms. The minimum Gasteiger partial charge on any atom is -0.497 e. The van der Waals surface area contributed by atoms with E-state index in [0.717, 1.165) is 60.0 Å². The minimum absolute atomic E-state index is 0.0281. The molecule has 170 valence electrons. The minimum atomic E-state index is -0.236. The lowest BCUT2D eigenvalue weighted by Crippen LogP contribution is -2.34. The van der Waals surface area contributed by atoms with Crippen LogP contribution in [0.1, 0.15) is 58.8 Å². The Morgan fingerprint density at radius 1 is 1.12 bits per heavy atom. The molecule has 3 aromatic rings. The SMILES string of the molecule is CCc1cc(C(c2ccc(OC)cc2OC)N2CCCCC2)c(NC(=O)c2ccco2)s1. The van der Waals surface area contributed by atoms with Crippen molar-refractivity contribution in [3.63, 3.8) is 0 Å². The zero-order valence-corrected chi connectivity index (χ0v) is 19.7. The van der Waals surface area contributed by atoms with E-state index in [1.54, 1.807) is 37.7 Å². The molecule has 1 amide bonds. The summed E-state index contributed by atoms with van der Waals surface area (Å²) in [4.78, 5) is 16.5. The van der Waals surface area contributed by atoms with Crippen molar-refractivity contribution in [1.29, 1.82) is 0 Å². The smallest absolute Gasteiger partial charge is 0.291 e. The number of carbonyl (C=O) groups excluding carboxylic acids is 1. The molecule has 0 aliphatic carbocycles. The van der Waals surface area contributed by atoms with Gasteiger partial charge in [-0.05, 0) is 62.7 Å². The Kier molecular flexibility index (Phi) is 7.17. The highest BCUT2D eigenvalue weighted by atomic mass is 32.1. The van der Waals surface area contributed by atoms with Crippen LogP contribution in [0.15, 0.2) is 47.1 Å². The predicted molar refractivity (Wildman–Crippen MR) is 127 cm³/mol. The van der Waals surface area contributed by atoms with E-state index < -0.39 is 0 Å². The number of nitrogens with one attached hydrogen (secondary N) is 1. The lowest BCUT2D eigenvalue weighted by molar-refractivity contribution is 0.0996. The number of amides is 1. The first-order chi connectivity index (χ1) is 15.6. The van der Waals surface area contributed by atoms with Crippen molar-refractivity contribution in [2.75, 3.05) is 32.6 Å². The molecule has 1 aliphatic rings. The Morgan fingerprint density at radius 3 is 2.59 bits per heavy atom. The number of methoxy groups -OCH3 is 2. The molecule has 0 spiro atoms. The Morgan fingerprint density at radius 2 is 1.94 bits per heavy atom. The van der Waals surface area contributed by atoms with Crippen LogP contribution in [-0.2, 0) is 6.42 Å². The lowest BCUT2D eigenvalue weighted by atomic mass is 9.94. The highest BCUT2D eigenvalue weighted by molar-refractivity contribution is 7.16. The number of piperidine rings is 1. The van der Waals surface area contributed by atoms with E-state index in [-0.39, 0.29) is 11.9 Å². The van der Waals surface area contributed by atoms with Gasteiger partial charge in [-0.2, -0.15) is 0 Å². The van der Waals surface area contributed by atoms with Crippen LogP contribution in [-0.4, -0.2) is 38.1 Å². The van der Waals surface area contributed by atoms with Crippen molar-refractivity contribution < 1.29 is 18.7 Å². The molecule has 0 bridgehead atoms. The summed E-state index contributed by atoms with van der Waals surface area (Å²) in [6.45, 7) is 4.14. The molecule has 2 aromatic heterocycles. The summed E-state index contributed by atoms with van der Waals surface area (Å²) in [6.07, 6.45) is 5.98. The molecule has 6 nitrogen and oxygen atoms in total. The Hall–Kier alpha value is -2.77. The van der Waals surface area contributed by atoms with Crippen molar-refractivity contribution in [1.82, 2.24) is 4.90 Å². The van der Waals surface area contributed by atoms with Gasteiger partial charge in [-0.25, -0.2) is 0 Å². The van der Waals surface area contributed by atoms with Crippen LogP contribution in [0.5, 0.6) is 11.5 Å². The number of aryl methyl sites for hydroxylation is 1. The number of ether oxygens (including phenoxy) is 2. The fourth-order valence-corrected chi connectivity index (χ4v) is 5.31. The Labute approximate surface area is 193 Å². The first-order valence-corrected chi connectivity index (χ1v) is 11.9. The molecule has 1 fully saturated rings. The van der Waals surface area contributed by atoms with Crippen LogP contribution in [0, 0.1) is 0 Å². The summed E-state index contributed by atoms with van der Waals surface area (Å²) < 4.78 is 16.5. The number of nitrogens with zero attached hydrogens (tertiary/aromatic N) is 1. The van der Waals surface area contributed by atoms with Crippen LogP contribution in [0.4, 0.5) is 5.00 Å². The molecular weight excluding hydrogens is 424 g/mol. The maximum atomic E-state index is 12.8. The van der Waals surface area contributed by atoms with Gasteiger partial charge in [0.05, 0.1) is 26.5 Å². The van der Waals surface area contributed by atoms with Gasteiger partial charge in [0.25, 0.3) is 5.91 Å². The lowest BCUT2D eigenvalue weighted by Gasteiger charge is -2.36. The van der Waals surface area contributed by atoms with E-state index in [9.17, 15) is 4.79 Å². The molecular formula is C25H30N2O4S. The maximum Gasteiger partial charge on any atom is 0.291 e. The van der Waals surface area contributed by atoms with Gasteiger partial charge < -0.3 is 19.2 Å². The van der Waals surface area contributed by atoms with Gasteiger partial charge in [0.15, 0.2) is 5.76 Å². The summed E-state index contributed by atoms with van der Waals surface area (Å²) in [6, 6.07) is 11.6. The van der Waals surface area contributed by atoms with Crippen LogP contribution in [0.3, 0.4) is 0 Å². The van der Waals surface area contributed by atoms with Crippen LogP contribution in [0.25, 0.3) is 0 Å². The number of rotatable bonds is 8. The van der Waals surface area contributed by atoms with E-state index in [4.69, 9.17) is 13.9 Å². The zero-order valence-electron chi connectivity index (χ0n) is 18.8. The fourth-order valence-electron chi connectivity index (χ4n) is 4.29. The van der Waals surface area contributed by atoms with Crippen LogP contribution in [0.2, 0.25) is 0 Å². The molecule has 3 heterocycles. The summed E-state index contributed by atoms with van der Waals surface area (Å²) in [5.41, 5.74) is 2.17. The van der Waals surface area contributed by atoms with Gasteiger partial charge in [0.2, 0.25) is 0 Å². The number of hydrogen-bond acceptors (Lipinski definition) is 6. The fraction of sp³-hybridized carbons (Fsp3) is 0.400. The van der Waals surface area contributed by atoms with Crippen molar-refractivity contribution in [3.05, 3.63) is 64.4 Å². The van der Waals surface area contributed by atoms with E-state index in [1.807, 2.05) is 12.1 Å². The average Bonchev–Trinajstić information content (AvgIpc) is 3.51. The topological polar surface area (TPSA) is 63.9 Å². The van der Waals surface area contributed by atoms with Gasteiger partial charge in [-0.1, -0.05) is 13.3 Å². The first-order valence-electron chi connectivity index (χ1n) is 11.1. The van der Waals surface area contributed by atoms with Crippen molar-refractivity contribution in [2.45, 2.75) is 38.6 Å². The van der Waals surface area contributed by atoms with Crippen LogP contribution >= 0.6 is 11.3 Å². The number of hydrogen-bond donors (Lipinski definition) is 1. The largest absolute Gasteiger partial charge is 0.497 e. The molecule has 1 aliphatic heterocycles. The number of anilines is 1. The number of thiophene rings is 1. The quantitative estimate of drug-likeness (QED) is 0.470. The third-order valence-corrected chi connectivity index (χ3v) is 7.13. The second kappa shape index (κ2) is 10.2. The standard InChI is InChI=1S/C25H30N2O4S/c1-4-18-16-20(25(32-18)26-24(28)21-9-8-14-31-21)23(27-12-6-5-7-13-27)19-11-10-17(29-2)15-22(19)30-3/h8-11,14-16,23H,4-7,12-13H2,1-3H3,(H,26,28). The summed E-state index contributed by atoms with van der Waals surface area (Å²) in [5.74, 6) is 1.61. The van der Waals surface area contributed by atoms with E-state index in [2.05, 4.69) is 29.3 Å². The highest BCUT2D eigenvalue weighted by Gasteiger charge is 2.31. The summed E-state index contributed by atoms with van der Waals surface area (Å²) in [5, 5.41) is 3.97. The Bertz CT molecular complexity index is 1040. The van der Waals surface area contributed by atoms with E-state index >= 15 is 0 Å². The van der Waals surface area contributed by atoms with Gasteiger partial charge in [-0.3, -0.25) is 9.69 Å². The molecule has 0 radical (unpaired) electrons. The van der Waals surface area contributed by atoms with Gasteiger partial charge in [-0.15, -0.1) is 11.3 Å². The summed E-state index contributed by atoms with van der Waals surface area (Å²) >= 11 is 1.63. The number of furan rings is 1. The van der Waals surface area contributed by atoms with E-state index in [0.29, 0.717) is 5.76 Å². The molecule has 7 heteroatoms. The zero-order chi connectivity index (χ0) is 22.5. The second-order valence-corrected chi connectivity index (χ2v) is 9.03. The molecule has 1 atom stereocenters. The molecule has 1 unspecified atom stereocenters. The monoisotopic (exact) mass is 454 g/mol. The normalized spacial score (nSPS) is 15.3. The van der Waals surface area contributed by atoms with Crippen molar-refractivity contribution in [2.24, 2.45) is 0 Å². The molecule has 1 saturated heterocycles. The molecule has 1 N–H and O–H groups in total. The number of carbonyl (C=O) groups is 1. The average molecular weight is 455 g/mol. The van der Waals surface area contributed by atoms with Crippen LogP contribution < -0.4 is 14.8 Å². The molecule has 0 saturated carbocycles. The molecule has 1 aromatic carbocycles. The second-order valence-electron chi connectivity index (χ2n) is 7.89. The van der Waals surface area contributed by atoms with Gasteiger partial charge >= 0.3 is 0 Å². The number of benzene rings is 1. The van der Waals surface area contributed by atoms with Gasteiger partial charge in [0.1, 0.15) is 16.5 Å². The first kappa shape index (κ1) is 22.4. The highest BCUT2D eigenvalue weighted by Crippen LogP contribution is 2.44. The third-order valence-electron chi connectivity index (χ3n) is 5.92. The third kappa shape index (κ3) is 4.69. The van der Waals surface area contributed by atoms with Gasteiger partial charge in [0, 0.05) is 22.1 Å². The predicted octanol–water partition coefficient (Wildman–Crippen LogP) is 5.75. The Balaban J connectivity index is 1.79. The maximum absolute atomic E-state index is 12.8. The number of likely N-dealkylation sites (tertiary alicyclic amines) is 1. The van der Waals surface area contributed by atoms with Crippen molar-refractivity contribution >= 4 is 22.2 Å². The van der Waals surface area contributed by atoms with Crippen molar-refractivity contribution in [3.8, 4) is 11.5 Å².